The van der Waals surface area contributed by atoms with Gasteiger partial charge < -0.3 is 9.15 Å². The fourth-order valence-electron chi connectivity index (χ4n) is 1.38. The highest BCUT2D eigenvalue weighted by molar-refractivity contribution is 5.70. The number of hydrogen-bond acceptors (Lipinski definition) is 4. The number of nitrogens with zero attached hydrogens (tertiary/aromatic N) is 1. The minimum atomic E-state index is 0.323. The van der Waals surface area contributed by atoms with E-state index in [0.29, 0.717) is 24.3 Å². The first-order valence-electron chi connectivity index (χ1n) is 4.84. The molecule has 4 heteroatoms. The SMILES string of the molecule is COc1ccc(Cc2nc(C=O)co2)cc1. The van der Waals surface area contributed by atoms with E-state index < -0.39 is 0 Å². The molecule has 1 aromatic heterocycles. The number of carbonyl (C=O) groups is 1. The van der Waals surface area contributed by atoms with E-state index in [4.69, 9.17) is 9.15 Å². The standard InChI is InChI=1S/C12H11NO3/c1-15-11-4-2-9(3-5-11)6-12-13-10(7-14)8-16-12/h2-5,7-8H,6H2,1H3. The van der Waals surface area contributed by atoms with Crippen LogP contribution in [0.25, 0.3) is 0 Å². The van der Waals surface area contributed by atoms with Gasteiger partial charge in [-0.05, 0) is 17.7 Å². The number of ether oxygens (including phenoxy) is 1. The third-order valence-electron chi connectivity index (χ3n) is 2.20. The van der Waals surface area contributed by atoms with Crippen molar-refractivity contribution in [1.82, 2.24) is 4.98 Å². The van der Waals surface area contributed by atoms with E-state index in [-0.39, 0.29) is 0 Å². The second-order valence-corrected chi connectivity index (χ2v) is 3.31. The Morgan fingerprint density at radius 2 is 2.12 bits per heavy atom. The molecule has 0 aliphatic heterocycles. The summed E-state index contributed by atoms with van der Waals surface area (Å²) in [5, 5.41) is 0. The van der Waals surface area contributed by atoms with Crippen LogP contribution in [-0.4, -0.2) is 18.4 Å². The molecule has 0 aliphatic rings. The zero-order chi connectivity index (χ0) is 11.4. The Balaban J connectivity index is 2.10. The molecule has 0 radical (unpaired) electrons. The maximum Gasteiger partial charge on any atom is 0.199 e. The summed E-state index contributed by atoms with van der Waals surface area (Å²) in [6.07, 6.45) is 2.59. The van der Waals surface area contributed by atoms with Crippen molar-refractivity contribution < 1.29 is 13.9 Å². The molecule has 1 aromatic carbocycles. The number of rotatable bonds is 4. The van der Waals surface area contributed by atoms with Gasteiger partial charge in [-0.3, -0.25) is 4.79 Å². The number of benzene rings is 1. The Bertz CT molecular complexity index is 473. The van der Waals surface area contributed by atoms with Crippen molar-refractivity contribution in [3.8, 4) is 5.75 Å². The summed E-state index contributed by atoms with van der Waals surface area (Å²) in [4.78, 5) is 14.4. The summed E-state index contributed by atoms with van der Waals surface area (Å²) in [5.74, 6) is 1.34. The number of aldehydes is 1. The lowest BCUT2D eigenvalue weighted by molar-refractivity contribution is 0.111. The quantitative estimate of drug-likeness (QED) is 0.736. The van der Waals surface area contributed by atoms with Gasteiger partial charge in [0, 0.05) is 6.42 Å². The molecule has 0 atom stereocenters. The van der Waals surface area contributed by atoms with Crippen molar-refractivity contribution in [2.24, 2.45) is 0 Å². The lowest BCUT2D eigenvalue weighted by Crippen LogP contribution is -1.90. The molecule has 0 bridgehead atoms. The molecular weight excluding hydrogens is 206 g/mol. The van der Waals surface area contributed by atoms with Crippen LogP contribution < -0.4 is 4.74 Å². The summed E-state index contributed by atoms with van der Waals surface area (Å²) in [6.45, 7) is 0. The number of carbonyl (C=O) groups excluding carboxylic acids is 1. The summed E-state index contributed by atoms with van der Waals surface area (Å²) in [6, 6.07) is 7.62. The maximum absolute atomic E-state index is 10.4. The van der Waals surface area contributed by atoms with Gasteiger partial charge in [0.1, 0.15) is 17.7 Å². The lowest BCUT2D eigenvalue weighted by Gasteiger charge is -2.00. The van der Waals surface area contributed by atoms with Gasteiger partial charge in [0.05, 0.1) is 7.11 Å². The van der Waals surface area contributed by atoms with Crippen LogP contribution in [0.3, 0.4) is 0 Å². The molecule has 0 N–H and O–H groups in total. The van der Waals surface area contributed by atoms with E-state index in [0.717, 1.165) is 11.3 Å². The van der Waals surface area contributed by atoms with Gasteiger partial charge in [0.25, 0.3) is 0 Å². The zero-order valence-corrected chi connectivity index (χ0v) is 8.84. The van der Waals surface area contributed by atoms with Crippen LogP contribution in [0, 0.1) is 0 Å². The van der Waals surface area contributed by atoms with Gasteiger partial charge in [0.15, 0.2) is 12.2 Å². The van der Waals surface area contributed by atoms with Gasteiger partial charge in [-0.2, -0.15) is 0 Å². The van der Waals surface area contributed by atoms with Gasteiger partial charge in [0.2, 0.25) is 0 Å². The van der Waals surface area contributed by atoms with Crippen molar-refractivity contribution >= 4 is 6.29 Å². The molecular formula is C12H11NO3. The van der Waals surface area contributed by atoms with Crippen LogP contribution in [0.5, 0.6) is 5.75 Å². The maximum atomic E-state index is 10.4. The Kier molecular flexibility index (Phi) is 3.00. The molecule has 0 fully saturated rings. The highest BCUT2D eigenvalue weighted by Gasteiger charge is 2.04. The van der Waals surface area contributed by atoms with Crippen molar-refractivity contribution in [3.05, 3.63) is 47.7 Å². The minimum absolute atomic E-state index is 0.323. The normalized spacial score (nSPS) is 10.1. The van der Waals surface area contributed by atoms with Crippen molar-refractivity contribution in [2.45, 2.75) is 6.42 Å². The fourth-order valence-corrected chi connectivity index (χ4v) is 1.38. The molecule has 82 valence electrons. The molecule has 0 saturated heterocycles. The third-order valence-corrected chi connectivity index (χ3v) is 2.20. The summed E-state index contributed by atoms with van der Waals surface area (Å²) in [5.41, 5.74) is 1.38. The number of hydrogen-bond donors (Lipinski definition) is 0. The van der Waals surface area contributed by atoms with Crippen LogP contribution in [0.4, 0.5) is 0 Å². The van der Waals surface area contributed by atoms with Crippen LogP contribution in [0.15, 0.2) is 34.9 Å². The van der Waals surface area contributed by atoms with Crippen LogP contribution >= 0.6 is 0 Å². The first-order valence-corrected chi connectivity index (χ1v) is 4.84. The Morgan fingerprint density at radius 3 is 2.69 bits per heavy atom. The van der Waals surface area contributed by atoms with E-state index >= 15 is 0 Å². The number of oxazole rings is 1. The Hall–Kier alpha value is -2.10. The van der Waals surface area contributed by atoms with E-state index in [1.807, 2.05) is 24.3 Å². The third kappa shape index (κ3) is 2.28. The zero-order valence-electron chi connectivity index (χ0n) is 8.84. The van der Waals surface area contributed by atoms with Gasteiger partial charge >= 0.3 is 0 Å². The van der Waals surface area contributed by atoms with Crippen LogP contribution in [0.2, 0.25) is 0 Å². The van der Waals surface area contributed by atoms with Crippen LogP contribution in [0.1, 0.15) is 21.9 Å². The molecule has 0 aliphatic carbocycles. The smallest absolute Gasteiger partial charge is 0.199 e. The first-order chi connectivity index (χ1) is 7.81. The van der Waals surface area contributed by atoms with Crippen molar-refractivity contribution in [3.63, 3.8) is 0 Å². The molecule has 0 saturated carbocycles. The Labute approximate surface area is 92.9 Å². The van der Waals surface area contributed by atoms with Gasteiger partial charge in [-0.25, -0.2) is 4.98 Å². The summed E-state index contributed by atoms with van der Waals surface area (Å²) < 4.78 is 10.2. The van der Waals surface area contributed by atoms with Gasteiger partial charge in [-0.15, -0.1) is 0 Å². The van der Waals surface area contributed by atoms with E-state index in [2.05, 4.69) is 4.98 Å². The molecule has 16 heavy (non-hydrogen) atoms. The Morgan fingerprint density at radius 1 is 1.38 bits per heavy atom. The predicted octanol–water partition coefficient (Wildman–Crippen LogP) is 2.09. The highest BCUT2D eigenvalue weighted by Crippen LogP contribution is 2.14. The van der Waals surface area contributed by atoms with E-state index in [9.17, 15) is 4.79 Å². The monoisotopic (exact) mass is 217 g/mol. The second kappa shape index (κ2) is 4.61. The number of methoxy groups -OCH3 is 1. The molecule has 1 heterocycles. The minimum Gasteiger partial charge on any atom is -0.497 e. The molecule has 0 amide bonds. The second-order valence-electron chi connectivity index (χ2n) is 3.31. The molecule has 2 aromatic rings. The lowest BCUT2D eigenvalue weighted by atomic mass is 10.1. The molecule has 0 spiro atoms. The van der Waals surface area contributed by atoms with E-state index in [1.54, 1.807) is 7.11 Å². The molecule has 4 nitrogen and oxygen atoms in total. The topological polar surface area (TPSA) is 52.3 Å². The van der Waals surface area contributed by atoms with Crippen LogP contribution in [-0.2, 0) is 6.42 Å². The molecule has 2 rings (SSSR count). The van der Waals surface area contributed by atoms with Gasteiger partial charge in [-0.1, -0.05) is 12.1 Å². The summed E-state index contributed by atoms with van der Waals surface area (Å²) >= 11 is 0. The fraction of sp³-hybridized carbons (Fsp3) is 0.167. The average molecular weight is 217 g/mol. The number of aromatic nitrogens is 1. The van der Waals surface area contributed by atoms with Crippen molar-refractivity contribution in [1.29, 1.82) is 0 Å². The average Bonchev–Trinajstić information content (AvgIpc) is 2.78. The molecule has 0 unspecified atom stereocenters. The predicted molar refractivity (Wildman–Crippen MR) is 57.7 cm³/mol. The summed E-state index contributed by atoms with van der Waals surface area (Å²) in [7, 11) is 1.62. The largest absolute Gasteiger partial charge is 0.497 e. The van der Waals surface area contributed by atoms with E-state index in [1.165, 1.54) is 6.26 Å². The van der Waals surface area contributed by atoms with Crippen molar-refractivity contribution in [2.75, 3.05) is 7.11 Å². The highest BCUT2D eigenvalue weighted by atomic mass is 16.5. The first kappa shape index (κ1) is 10.4.